The number of hydrogen-bond donors (Lipinski definition) is 3. The Bertz CT molecular complexity index is 655. The number of anilines is 1. The van der Waals surface area contributed by atoms with Crippen LogP contribution in [0.1, 0.15) is 29.1 Å². The minimum atomic E-state index is -1.17. The fourth-order valence-electron chi connectivity index (χ4n) is 1.77. The highest BCUT2D eigenvalue weighted by Crippen LogP contribution is 2.21. The summed E-state index contributed by atoms with van der Waals surface area (Å²) in [7, 11) is 0. The highest BCUT2D eigenvalue weighted by atomic mass is 35.5. The first-order chi connectivity index (χ1) is 9.97. The minimum absolute atomic E-state index is 0.0803. The lowest BCUT2D eigenvalue weighted by Gasteiger charge is -2.13. The number of furan rings is 1. The van der Waals surface area contributed by atoms with Crippen molar-refractivity contribution in [1.29, 1.82) is 0 Å². The van der Waals surface area contributed by atoms with Crippen molar-refractivity contribution in [1.82, 2.24) is 5.32 Å². The van der Waals surface area contributed by atoms with Crippen LogP contribution in [-0.2, 0) is 0 Å². The normalized spacial score (nSPS) is 11.7. The van der Waals surface area contributed by atoms with E-state index in [4.69, 9.17) is 21.1 Å². The molecule has 3 N–H and O–H groups in total. The molecule has 0 fully saturated rings. The van der Waals surface area contributed by atoms with Gasteiger partial charge in [0.15, 0.2) is 0 Å². The number of carboxylic acid groups (broad SMARTS) is 1. The van der Waals surface area contributed by atoms with E-state index in [1.54, 1.807) is 19.1 Å². The Labute approximate surface area is 125 Å². The fraction of sp³-hybridized carbons (Fsp3) is 0.143. The standard InChI is InChI=1S/C14H13ClN2O4/c1-8(12-3-2-6-21-12)16-14(20)17-11-5-4-9(15)7-10(11)13(18)19/h2-8H,1H3,(H,18,19)(H2,16,17,20). The van der Waals surface area contributed by atoms with Gasteiger partial charge in [0.1, 0.15) is 5.76 Å². The molecule has 0 aliphatic heterocycles. The number of rotatable bonds is 4. The molecule has 1 atom stereocenters. The maximum atomic E-state index is 11.9. The molecule has 6 nitrogen and oxygen atoms in total. The Morgan fingerprint density at radius 2 is 2.10 bits per heavy atom. The maximum absolute atomic E-state index is 11.9. The van der Waals surface area contributed by atoms with E-state index in [0.29, 0.717) is 5.76 Å². The van der Waals surface area contributed by atoms with Crippen LogP contribution >= 0.6 is 11.6 Å². The van der Waals surface area contributed by atoms with Crippen LogP contribution in [0.25, 0.3) is 0 Å². The van der Waals surface area contributed by atoms with Crippen molar-refractivity contribution in [2.75, 3.05) is 5.32 Å². The number of carboxylic acids is 1. The number of halogens is 1. The molecule has 2 rings (SSSR count). The fourth-order valence-corrected chi connectivity index (χ4v) is 1.94. The summed E-state index contributed by atoms with van der Waals surface area (Å²) in [5, 5.41) is 14.5. The van der Waals surface area contributed by atoms with Gasteiger partial charge in [0.05, 0.1) is 23.6 Å². The van der Waals surface area contributed by atoms with Gasteiger partial charge in [-0.2, -0.15) is 0 Å². The van der Waals surface area contributed by atoms with Crippen LogP contribution in [0.5, 0.6) is 0 Å². The number of benzene rings is 1. The van der Waals surface area contributed by atoms with Crippen molar-refractivity contribution >= 4 is 29.3 Å². The zero-order valence-electron chi connectivity index (χ0n) is 11.1. The summed E-state index contributed by atoms with van der Waals surface area (Å²) in [5.74, 6) is -0.577. The van der Waals surface area contributed by atoms with E-state index in [1.807, 2.05) is 0 Å². The smallest absolute Gasteiger partial charge is 0.337 e. The average molecular weight is 309 g/mol. The van der Waals surface area contributed by atoms with E-state index in [0.717, 1.165) is 0 Å². The largest absolute Gasteiger partial charge is 0.478 e. The molecule has 1 unspecified atom stereocenters. The van der Waals surface area contributed by atoms with Crippen LogP contribution < -0.4 is 10.6 Å². The van der Waals surface area contributed by atoms with Crippen LogP contribution in [0.15, 0.2) is 41.0 Å². The molecule has 1 heterocycles. The van der Waals surface area contributed by atoms with Crippen LogP contribution in [0.4, 0.5) is 10.5 Å². The van der Waals surface area contributed by atoms with Crippen LogP contribution in [-0.4, -0.2) is 17.1 Å². The van der Waals surface area contributed by atoms with Gasteiger partial charge >= 0.3 is 12.0 Å². The van der Waals surface area contributed by atoms with Crippen molar-refractivity contribution in [3.8, 4) is 0 Å². The Kier molecular flexibility index (Phi) is 4.49. The van der Waals surface area contributed by atoms with Gasteiger partial charge in [0.2, 0.25) is 0 Å². The van der Waals surface area contributed by atoms with E-state index in [-0.39, 0.29) is 22.3 Å². The molecule has 0 bridgehead atoms. The number of carbonyl (C=O) groups excluding carboxylic acids is 1. The van der Waals surface area contributed by atoms with Gasteiger partial charge in [-0.25, -0.2) is 9.59 Å². The summed E-state index contributed by atoms with van der Waals surface area (Å²) >= 11 is 5.75. The maximum Gasteiger partial charge on any atom is 0.337 e. The molecule has 7 heteroatoms. The number of aromatic carboxylic acids is 1. The predicted molar refractivity (Wildman–Crippen MR) is 77.7 cm³/mol. The van der Waals surface area contributed by atoms with E-state index in [9.17, 15) is 9.59 Å². The Balaban J connectivity index is 2.08. The molecule has 0 saturated carbocycles. The first-order valence-corrected chi connectivity index (χ1v) is 6.49. The van der Waals surface area contributed by atoms with Gasteiger partial charge in [-0.1, -0.05) is 11.6 Å². The first kappa shape index (κ1) is 14.9. The number of carbonyl (C=O) groups is 2. The van der Waals surface area contributed by atoms with Gasteiger partial charge < -0.3 is 20.2 Å². The molecule has 1 aromatic heterocycles. The van der Waals surface area contributed by atoms with Crippen molar-refractivity contribution in [2.24, 2.45) is 0 Å². The second-order valence-electron chi connectivity index (χ2n) is 4.33. The highest BCUT2D eigenvalue weighted by Gasteiger charge is 2.15. The molecule has 21 heavy (non-hydrogen) atoms. The first-order valence-electron chi connectivity index (χ1n) is 6.11. The molecule has 0 aliphatic carbocycles. The topological polar surface area (TPSA) is 91.6 Å². The summed E-state index contributed by atoms with van der Waals surface area (Å²) in [4.78, 5) is 23.0. The Morgan fingerprint density at radius 3 is 2.71 bits per heavy atom. The zero-order valence-corrected chi connectivity index (χ0v) is 11.8. The van der Waals surface area contributed by atoms with Gasteiger partial charge in [-0.05, 0) is 37.3 Å². The van der Waals surface area contributed by atoms with Gasteiger partial charge in [0, 0.05) is 5.02 Å². The zero-order chi connectivity index (χ0) is 15.4. The average Bonchev–Trinajstić information content (AvgIpc) is 2.94. The number of amides is 2. The van der Waals surface area contributed by atoms with E-state index >= 15 is 0 Å². The molecule has 0 aliphatic rings. The number of hydrogen-bond acceptors (Lipinski definition) is 3. The predicted octanol–water partition coefficient (Wildman–Crippen LogP) is 3.51. The summed E-state index contributed by atoms with van der Waals surface area (Å²) in [5.41, 5.74) is 0.0827. The van der Waals surface area contributed by atoms with Crippen molar-refractivity contribution in [3.05, 3.63) is 52.9 Å². The molecule has 2 amide bonds. The lowest BCUT2D eigenvalue weighted by atomic mass is 10.2. The third kappa shape index (κ3) is 3.76. The number of urea groups is 1. The molecule has 0 radical (unpaired) electrons. The summed E-state index contributed by atoms with van der Waals surface area (Å²) in [6.07, 6.45) is 1.51. The second kappa shape index (κ2) is 6.32. The molecule has 2 aromatic rings. The van der Waals surface area contributed by atoms with Crippen LogP contribution in [0.2, 0.25) is 5.02 Å². The lowest BCUT2D eigenvalue weighted by Crippen LogP contribution is -2.31. The minimum Gasteiger partial charge on any atom is -0.478 e. The van der Waals surface area contributed by atoms with Gasteiger partial charge in [-0.3, -0.25) is 0 Å². The van der Waals surface area contributed by atoms with E-state index in [2.05, 4.69) is 10.6 Å². The van der Waals surface area contributed by atoms with Crippen LogP contribution in [0, 0.1) is 0 Å². The molecule has 0 spiro atoms. The van der Waals surface area contributed by atoms with Gasteiger partial charge in [0.25, 0.3) is 0 Å². The molecule has 0 saturated heterocycles. The second-order valence-corrected chi connectivity index (χ2v) is 4.77. The monoisotopic (exact) mass is 308 g/mol. The Morgan fingerprint density at radius 1 is 1.33 bits per heavy atom. The molecule has 1 aromatic carbocycles. The Hall–Kier alpha value is -2.47. The van der Waals surface area contributed by atoms with E-state index in [1.165, 1.54) is 24.5 Å². The summed E-state index contributed by atoms with van der Waals surface area (Å²) in [6.45, 7) is 1.75. The third-order valence-electron chi connectivity index (χ3n) is 2.78. The van der Waals surface area contributed by atoms with E-state index < -0.39 is 12.0 Å². The van der Waals surface area contributed by atoms with Crippen molar-refractivity contribution in [2.45, 2.75) is 13.0 Å². The summed E-state index contributed by atoms with van der Waals surface area (Å²) in [6, 6.07) is 6.77. The quantitative estimate of drug-likeness (QED) is 0.806. The highest BCUT2D eigenvalue weighted by molar-refractivity contribution is 6.31. The third-order valence-corrected chi connectivity index (χ3v) is 3.01. The molecular weight excluding hydrogens is 296 g/mol. The molecule has 110 valence electrons. The molecular formula is C14H13ClN2O4. The summed E-state index contributed by atoms with van der Waals surface area (Å²) < 4.78 is 5.17. The number of nitrogens with one attached hydrogen (secondary N) is 2. The SMILES string of the molecule is CC(NC(=O)Nc1ccc(Cl)cc1C(=O)O)c1ccco1. The van der Waals surface area contributed by atoms with Gasteiger partial charge in [-0.15, -0.1) is 0 Å². The van der Waals surface area contributed by atoms with Crippen molar-refractivity contribution < 1.29 is 19.1 Å². The van der Waals surface area contributed by atoms with Crippen LogP contribution in [0.3, 0.4) is 0 Å². The van der Waals surface area contributed by atoms with Crippen molar-refractivity contribution in [3.63, 3.8) is 0 Å². The lowest BCUT2D eigenvalue weighted by molar-refractivity contribution is 0.0698.